The number of fused-ring (bicyclic) bond motifs is 9. The van der Waals surface area contributed by atoms with Gasteiger partial charge in [-0.05, 0) is 112 Å². The Morgan fingerprint density at radius 2 is 0.911 bits per heavy atom. The minimum absolute atomic E-state index is 0.0902. The highest BCUT2D eigenvalue weighted by Crippen LogP contribution is 2.52. The highest BCUT2D eigenvalue weighted by atomic mass is 15.1. The molecule has 264 valence electrons. The van der Waals surface area contributed by atoms with Crippen molar-refractivity contribution in [3.8, 4) is 33.4 Å². The number of hydrogen-bond acceptors (Lipinski definition) is 1. The standard InChI is InChI=1S/C55H39N/c1-55(2)50-27-15-14-23-45(50)46-33-32-40(35-51(46)55)56(52-34-38-18-6-7-19-41(38)42-20-8-11-24-47(42)52)39-30-28-37(29-31-39)54-49-26-13-10-22-44(49)43-21-9-12-25-48(43)53(54)36-16-4-3-5-17-36/h3-35H,1-2H3/i28D,29D,30D,31D. The summed E-state index contributed by atoms with van der Waals surface area (Å²) in [6, 6.07) is 59.8. The van der Waals surface area contributed by atoms with Crippen LogP contribution in [0.5, 0.6) is 0 Å². The van der Waals surface area contributed by atoms with Crippen LogP contribution in [0.3, 0.4) is 0 Å². The van der Waals surface area contributed by atoms with E-state index in [2.05, 4.69) is 117 Å². The molecule has 1 nitrogen and oxygen atoms in total. The summed E-state index contributed by atoms with van der Waals surface area (Å²) < 4.78 is 40.2. The van der Waals surface area contributed by atoms with Crippen LogP contribution >= 0.6 is 0 Å². The predicted molar refractivity (Wildman–Crippen MR) is 240 cm³/mol. The largest absolute Gasteiger partial charge is 0.310 e. The van der Waals surface area contributed by atoms with E-state index in [4.69, 9.17) is 0 Å². The fraction of sp³-hybridized carbons (Fsp3) is 0.0545. The molecule has 0 fully saturated rings. The van der Waals surface area contributed by atoms with E-state index in [-0.39, 0.29) is 40.8 Å². The monoisotopic (exact) mass is 717 g/mol. The van der Waals surface area contributed by atoms with Gasteiger partial charge in [-0.15, -0.1) is 0 Å². The van der Waals surface area contributed by atoms with Crippen molar-refractivity contribution in [3.05, 3.63) is 211 Å². The van der Waals surface area contributed by atoms with Crippen molar-refractivity contribution in [1.29, 1.82) is 0 Å². The van der Waals surface area contributed by atoms with E-state index in [0.29, 0.717) is 5.56 Å². The molecule has 0 spiro atoms. The summed E-state index contributed by atoms with van der Waals surface area (Å²) in [6.45, 7) is 4.50. The van der Waals surface area contributed by atoms with Gasteiger partial charge in [-0.1, -0.05) is 184 Å². The van der Waals surface area contributed by atoms with E-state index in [1.807, 2.05) is 77.7 Å². The fourth-order valence-electron chi connectivity index (χ4n) is 9.29. The first-order valence-electron chi connectivity index (χ1n) is 21.3. The maximum atomic E-state index is 10.1. The minimum atomic E-state index is -0.303. The number of benzene rings is 10. The van der Waals surface area contributed by atoms with Crippen LogP contribution in [0.4, 0.5) is 17.1 Å². The Morgan fingerprint density at radius 1 is 0.393 bits per heavy atom. The van der Waals surface area contributed by atoms with Crippen LogP contribution in [0.2, 0.25) is 0 Å². The van der Waals surface area contributed by atoms with E-state index in [1.54, 1.807) is 0 Å². The maximum Gasteiger partial charge on any atom is 0.0645 e. The zero-order valence-corrected chi connectivity index (χ0v) is 31.2. The number of rotatable bonds is 5. The summed E-state index contributed by atoms with van der Waals surface area (Å²) in [5.41, 5.74) is 9.03. The number of anilines is 3. The van der Waals surface area contributed by atoms with Gasteiger partial charge in [0.05, 0.1) is 11.2 Å². The molecule has 0 atom stereocenters. The van der Waals surface area contributed by atoms with Gasteiger partial charge >= 0.3 is 0 Å². The number of hydrogen-bond donors (Lipinski definition) is 0. The molecule has 0 aromatic heterocycles. The maximum absolute atomic E-state index is 10.1. The molecule has 0 aliphatic heterocycles. The molecule has 1 aliphatic rings. The molecular formula is C55H39N. The summed E-state index contributed by atoms with van der Waals surface area (Å²) in [5.74, 6) is 0. The lowest BCUT2D eigenvalue weighted by atomic mass is 9.82. The number of nitrogens with zero attached hydrogens (tertiary/aromatic N) is 1. The van der Waals surface area contributed by atoms with Crippen molar-refractivity contribution < 1.29 is 5.48 Å². The predicted octanol–water partition coefficient (Wildman–Crippen LogP) is 15.4. The second-order valence-electron chi connectivity index (χ2n) is 15.3. The van der Waals surface area contributed by atoms with Crippen LogP contribution in [-0.2, 0) is 5.41 Å². The third kappa shape index (κ3) is 4.87. The van der Waals surface area contributed by atoms with Gasteiger partial charge in [-0.25, -0.2) is 0 Å². The van der Waals surface area contributed by atoms with Gasteiger partial charge < -0.3 is 4.90 Å². The Balaban J connectivity index is 1.24. The molecule has 0 bridgehead atoms. The van der Waals surface area contributed by atoms with Gasteiger partial charge in [0.25, 0.3) is 0 Å². The quantitative estimate of drug-likeness (QED) is 0.160. The van der Waals surface area contributed by atoms with Crippen molar-refractivity contribution in [2.24, 2.45) is 0 Å². The summed E-state index contributed by atoms with van der Waals surface area (Å²) in [4.78, 5) is 1.98. The molecule has 1 heteroatoms. The van der Waals surface area contributed by atoms with E-state index in [9.17, 15) is 5.48 Å². The summed E-state index contributed by atoms with van der Waals surface area (Å²) in [7, 11) is 0. The average molecular weight is 718 g/mol. The smallest absolute Gasteiger partial charge is 0.0645 e. The zero-order chi connectivity index (χ0) is 40.9. The van der Waals surface area contributed by atoms with Gasteiger partial charge in [0.15, 0.2) is 0 Å². The minimum Gasteiger partial charge on any atom is -0.310 e. The van der Waals surface area contributed by atoms with E-state index < -0.39 is 0 Å². The molecule has 0 heterocycles. The molecule has 10 aromatic carbocycles. The van der Waals surface area contributed by atoms with Crippen molar-refractivity contribution >= 4 is 60.2 Å². The van der Waals surface area contributed by atoms with E-state index >= 15 is 0 Å². The third-order valence-corrected chi connectivity index (χ3v) is 11.9. The molecule has 0 unspecified atom stereocenters. The zero-order valence-electron chi connectivity index (χ0n) is 35.2. The van der Waals surface area contributed by atoms with Crippen molar-refractivity contribution in [1.82, 2.24) is 0 Å². The topological polar surface area (TPSA) is 3.24 Å². The fourth-order valence-corrected chi connectivity index (χ4v) is 9.29. The Kier molecular flexibility index (Phi) is 6.38. The Labute approximate surface area is 333 Å². The first kappa shape index (κ1) is 28.5. The molecule has 10 aromatic rings. The highest BCUT2D eigenvalue weighted by Gasteiger charge is 2.36. The summed E-state index contributed by atoms with van der Waals surface area (Å²) in [5, 5.41) is 8.05. The summed E-state index contributed by atoms with van der Waals surface area (Å²) >= 11 is 0. The Hall–Kier alpha value is -6.96. The van der Waals surface area contributed by atoms with Crippen molar-refractivity contribution in [3.63, 3.8) is 0 Å². The van der Waals surface area contributed by atoms with Crippen LogP contribution in [-0.4, -0.2) is 0 Å². The normalized spacial score (nSPS) is 14.0. The molecule has 56 heavy (non-hydrogen) atoms. The van der Waals surface area contributed by atoms with Gasteiger partial charge in [0.1, 0.15) is 0 Å². The molecule has 0 amide bonds. The van der Waals surface area contributed by atoms with Crippen molar-refractivity contribution in [2.45, 2.75) is 19.3 Å². The van der Waals surface area contributed by atoms with Gasteiger partial charge in [0, 0.05) is 22.2 Å². The molecule has 11 rings (SSSR count). The molecular weight excluding hydrogens is 675 g/mol. The van der Waals surface area contributed by atoms with Crippen molar-refractivity contribution in [2.75, 3.05) is 4.90 Å². The lowest BCUT2D eigenvalue weighted by Gasteiger charge is -2.30. The van der Waals surface area contributed by atoms with E-state index in [1.165, 1.54) is 11.1 Å². The molecule has 0 saturated carbocycles. The lowest BCUT2D eigenvalue weighted by Crippen LogP contribution is -2.16. The average Bonchev–Trinajstić information content (AvgIpc) is 3.52. The first-order chi connectivity index (χ1) is 29.2. The van der Waals surface area contributed by atoms with Crippen LogP contribution in [0.15, 0.2) is 200 Å². The second kappa shape index (κ2) is 12.5. The van der Waals surface area contributed by atoms with Crippen LogP contribution in [0.25, 0.3) is 76.5 Å². The molecule has 0 saturated heterocycles. The first-order valence-corrected chi connectivity index (χ1v) is 19.3. The van der Waals surface area contributed by atoms with Gasteiger partial charge in [-0.2, -0.15) is 0 Å². The SMILES string of the molecule is [2H]c1c([2H])c(N(c2ccc3c(c2)C(C)(C)c2ccccc2-3)c2cc3ccccc3c3ccccc23)c([2H])c([2H])c1-c1c(-c2ccccc2)c2ccccc2c2ccccc12. The van der Waals surface area contributed by atoms with Gasteiger partial charge in [-0.3, -0.25) is 0 Å². The van der Waals surface area contributed by atoms with Gasteiger partial charge in [0.2, 0.25) is 0 Å². The van der Waals surface area contributed by atoms with Crippen LogP contribution in [0, 0.1) is 0 Å². The Morgan fingerprint density at radius 3 is 1.61 bits per heavy atom. The molecule has 0 radical (unpaired) electrons. The van der Waals surface area contributed by atoms with Crippen LogP contribution < -0.4 is 4.90 Å². The van der Waals surface area contributed by atoms with Crippen LogP contribution in [0.1, 0.15) is 30.5 Å². The highest BCUT2D eigenvalue weighted by molar-refractivity contribution is 6.21. The van der Waals surface area contributed by atoms with E-state index in [0.717, 1.165) is 76.7 Å². The molecule has 0 N–H and O–H groups in total. The summed E-state index contributed by atoms with van der Waals surface area (Å²) in [6.07, 6.45) is 0. The lowest BCUT2D eigenvalue weighted by molar-refractivity contribution is 0.660. The second-order valence-corrected chi connectivity index (χ2v) is 15.3. The Bertz CT molecular complexity index is 3380. The third-order valence-electron chi connectivity index (χ3n) is 11.9. The molecule has 1 aliphatic carbocycles.